The van der Waals surface area contributed by atoms with Crippen LogP contribution in [0.1, 0.15) is 11.6 Å². The molecule has 1 unspecified atom stereocenters. The third-order valence-electron chi connectivity index (χ3n) is 3.34. The van der Waals surface area contributed by atoms with Crippen molar-refractivity contribution in [1.82, 2.24) is 5.32 Å². The Hall–Kier alpha value is -2.11. The van der Waals surface area contributed by atoms with E-state index < -0.39 is 11.9 Å². The molecule has 0 bridgehead atoms. The lowest BCUT2D eigenvalue weighted by molar-refractivity contribution is -0.120. The fraction of sp³-hybridized carbons (Fsp3) is 0.312. The quantitative estimate of drug-likeness (QED) is 0.759. The summed E-state index contributed by atoms with van der Waals surface area (Å²) in [6.07, 6.45) is 0. The van der Waals surface area contributed by atoms with E-state index in [4.69, 9.17) is 15.2 Å². The van der Waals surface area contributed by atoms with Crippen LogP contribution in [0.4, 0.5) is 0 Å². The van der Waals surface area contributed by atoms with E-state index in [1.54, 1.807) is 14.2 Å². The Morgan fingerprint density at radius 2 is 1.90 bits per heavy atom. The standard InChI is InChI=1S/C16H20N2O3/c1-20-8-7-18-15(16(17)19)13-4-3-12-10-14(21-2)6-5-11(12)9-13/h3-6,9-10,15,18H,7-8H2,1-2H3,(H2,17,19). The average molecular weight is 288 g/mol. The summed E-state index contributed by atoms with van der Waals surface area (Å²) in [7, 11) is 3.25. The van der Waals surface area contributed by atoms with Crippen molar-refractivity contribution in [2.24, 2.45) is 5.73 Å². The maximum absolute atomic E-state index is 11.6. The Balaban J connectivity index is 2.28. The van der Waals surface area contributed by atoms with Crippen LogP contribution in [0.5, 0.6) is 5.75 Å². The molecule has 0 radical (unpaired) electrons. The molecular weight excluding hydrogens is 268 g/mol. The first-order chi connectivity index (χ1) is 10.2. The lowest BCUT2D eigenvalue weighted by atomic mass is 10.0. The third-order valence-corrected chi connectivity index (χ3v) is 3.34. The fourth-order valence-corrected chi connectivity index (χ4v) is 2.24. The highest BCUT2D eigenvalue weighted by molar-refractivity contribution is 5.87. The minimum Gasteiger partial charge on any atom is -0.497 e. The van der Waals surface area contributed by atoms with Gasteiger partial charge in [0.15, 0.2) is 0 Å². The molecule has 0 aliphatic rings. The normalized spacial score (nSPS) is 12.3. The van der Waals surface area contributed by atoms with Crippen molar-refractivity contribution in [1.29, 1.82) is 0 Å². The SMILES string of the molecule is COCCNC(C(N)=O)c1ccc2cc(OC)ccc2c1. The van der Waals surface area contributed by atoms with E-state index in [-0.39, 0.29) is 0 Å². The maximum Gasteiger partial charge on any atom is 0.239 e. The van der Waals surface area contributed by atoms with E-state index in [2.05, 4.69) is 5.32 Å². The van der Waals surface area contributed by atoms with Gasteiger partial charge < -0.3 is 15.2 Å². The minimum atomic E-state index is -0.522. The van der Waals surface area contributed by atoms with Gasteiger partial charge in [0.05, 0.1) is 13.7 Å². The molecule has 0 aliphatic heterocycles. The molecule has 5 heteroatoms. The average Bonchev–Trinajstić information content (AvgIpc) is 2.50. The van der Waals surface area contributed by atoms with Crippen molar-refractivity contribution >= 4 is 16.7 Å². The second-order valence-corrected chi connectivity index (χ2v) is 4.75. The summed E-state index contributed by atoms with van der Waals surface area (Å²) < 4.78 is 10.2. The summed E-state index contributed by atoms with van der Waals surface area (Å²) in [5.41, 5.74) is 6.32. The van der Waals surface area contributed by atoms with Crippen molar-refractivity contribution in [2.75, 3.05) is 27.4 Å². The van der Waals surface area contributed by atoms with Gasteiger partial charge in [0.2, 0.25) is 5.91 Å². The van der Waals surface area contributed by atoms with Crippen LogP contribution in [-0.2, 0) is 9.53 Å². The molecule has 0 fully saturated rings. The monoisotopic (exact) mass is 288 g/mol. The van der Waals surface area contributed by atoms with E-state index in [0.29, 0.717) is 13.2 Å². The van der Waals surface area contributed by atoms with Crippen LogP contribution in [0.2, 0.25) is 0 Å². The van der Waals surface area contributed by atoms with E-state index in [0.717, 1.165) is 22.1 Å². The zero-order chi connectivity index (χ0) is 15.2. The number of fused-ring (bicyclic) bond motifs is 1. The van der Waals surface area contributed by atoms with Crippen molar-refractivity contribution in [3.8, 4) is 5.75 Å². The maximum atomic E-state index is 11.6. The van der Waals surface area contributed by atoms with Crippen molar-refractivity contribution in [3.63, 3.8) is 0 Å². The molecule has 2 aromatic rings. The van der Waals surface area contributed by atoms with E-state index in [1.807, 2.05) is 36.4 Å². The van der Waals surface area contributed by atoms with Crippen molar-refractivity contribution in [2.45, 2.75) is 6.04 Å². The Kier molecular flexibility index (Phi) is 5.14. The summed E-state index contributed by atoms with van der Waals surface area (Å²) in [5.74, 6) is 0.402. The lowest BCUT2D eigenvalue weighted by Crippen LogP contribution is -2.35. The molecule has 2 rings (SSSR count). The van der Waals surface area contributed by atoms with Crippen LogP contribution in [-0.4, -0.2) is 33.3 Å². The number of methoxy groups -OCH3 is 2. The van der Waals surface area contributed by atoms with Gasteiger partial charge in [-0.25, -0.2) is 0 Å². The topological polar surface area (TPSA) is 73.6 Å². The Bertz CT molecular complexity index is 628. The summed E-state index contributed by atoms with van der Waals surface area (Å²) >= 11 is 0. The number of amides is 1. The summed E-state index contributed by atoms with van der Waals surface area (Å²) in [6, 6.07) is 11.1. The molecule has 2 aromatic carbocycles. The third kappa shape index (κ3) is 3.71. The molecule has 0 saturated carbocycles. The van der Waals surface area contributed by atoms with Gasteiger partial charge in [-0.05, 0) is 34.5 Å². The van der Waals surface area contributed by atoms with Crippen molar-refractivity contribution in [3.05, 3.63) is 42.0 Å². The summed E-state index contributed by atoms with van der Waals surface area (Å²) in [6.45, 7) is 1.08. The fourth-order valence-electron chi connectivity index (χ4n) is 2.24. The molecule has 112 valence electrons. The van der Waals surface area contributed by atoms with Gasteiger partial charge in [0, 0.05) is 13.7 Å². The molecule has 3 N–H and O–H groups in total. The molecule has 0 aromatic heterocycles. The minimum absolute atomic E-state index is 0.404. The molecule has 1 atom stereocenters. The number of benzene rings is 2. The van der Waals surface area contributed by atoms with Gasteiger partial charge in [-0.1, -0.05) is 18.2 Å². The zero-order valence-electron chi connectivity index (χ0n) is 12.3. The van der Waals surface area contributed by atoms with E-state index >= 15 is 0 Å². The molecule has 0 saturated heterocycles. The second-order valence-electron chi connectivity index (χ2n) is 4.75. The number of nitrogens with one attached hydrogen (secondary N) is 1. The van der Waals surface area contributed by atoms with E-state index in [1.165, 1.54) is 0 Å². The highest BCUT2D eigenvalue weighted by Gasteiger charge is 2.17. The van der Waals surface area contributed by atoms with Crippen LogP contribution in [0.25, 0.3) is 10.8 Å². The van der Waals surface area contributed by atoms with Crippen LogP contribution in [0, 0.1) is 0 Å². The summed E-state index contributed by atoms with van der Waals surface area (Å²) in [5, 5.41) is 5.19. The molecular formula is C16H20N2O3. The molecule has 0 spiro atoms. The molecule has 21 heavy (non-hydrogen) atoms. The number of primary amides is 1. The van der Waals surface area contributed by atoms with E-state index in [9.17, 15) is 4.79 Å². The highest BCUT2D eigenvalue weighted by atomic mass is 16.5. The van der Waals surface area contributed by atoms with Gasteiger partial charge in [0.25, 0.3) is 0 Å². The van der Waals surface area contributed by atoms with Gasteiger partial charge in [0.1, 0.15) is 11.8 Å². The van der Waals surface area contributed by atoms with Crippen molar-refractivity contribution < 1.29 is 14.3 Å². The second kappa shape index (κ2) is 7.06. The predicted octanol–water partition coefficient (Wildman–Crippen LogP) is 1.61. The number of carbonyl (C=O) groups excluding carboxylic acids is 1. The number of carbonyl (C=O) groups is 1. The van der Waals surface area contributed by atoms with Crippen LogP contribution >= 0.6 is 0 Å². The lowest BCUT2D eigenvalue weighted by Gasteiger charge is -2.16. The number of rotatable bonds is 7. The van der Waals surface area contributed by atoms with Crippen LogP contribution < -0.4 is 15.8 Å². The van der Waals surface area contributed by atoms with Gasteiger partial charge in [-0.15, -0.1) is 0 Å². The Labute approximate surface area is 124 Å². The number of nitrogens with two attached hydrogens (primary N) is 1. The molecule has 0 aliphatic carbocycles. The predicted molar refractivity (Wildman–Crippen MR) is 82.3 cm³/mol. The van der Waals surface area contributed by atoms with Gasteiger partial charge in [-0.2, -0.15) is 0 Å². The van der Waals surface area contributed by atoms with Crippen LogP contribution in [0.15, 0.2) is 36.4 Å². The first kappa shape index (κ1) is 15.3. The number of hydrogen-bond donors (Lipinski definition) is 2. The van der Waals surface area contributed by atoms with Crippen LogP contribution in [0.3, 0.4) is 0 Å². The molecule has 5 nitrogen and oxygen atoms in total. The largest absolute Gasteiger partial charge is 0.497 e. The molecule has 0 heterocycles. The highest BCUT2D eigenvalue weighted by Crippen LogP contribution is 2.24. The zero-order valence-corrected chi connectivity index (χ0v) is 12.3. The van der Waals surface area contributed by atoms with Gasteiger partial charge >= 0.3 is 0 Å². The number of ether oxygens (including phenoxy) is 2. The summed E-state index contributed by atoms with van der Waals surface area (Å²) in [4.78, 5) is 11.6. The van der Waals surface area contributed by atoms with Gasteiger partial charge in [-0.3, -0.25) is 10.1 Å². The Morgan fingerprint density at radius 1 is 1.19 bits per heavy atom. The first-order valence-corrected chi connectivity index (χ1v) is 6.75. The smallest absolute Gasteiger partial charge is 0.239 e. The number of hydrogen-bond acceptors (Lipinski definition) is 4. The Morgan fingerprint density at radius 3 is 2.57 bits per heavy atom. The molecule has 1 amide bonds. The first-order valence-electron chi connectivity index (χ1n) is 6.75.